The lowest BCUT2D eigenvalue weighted by Gasteiger charge is -2.05. The Hall–Kier alpha value is -0.670. The largest absolute Gasteiger partial charge is 0.374 e. The predicted molar refractivity (Wildman–Crippen MR) is 68.1 cm³/mol. The van der Waals surface area contributed by atoms with Gasteiger partial charge in [-0.2, -0.15) is 0 Å². The molecule has 1 heterocycles. The van der Waals surface area contributed by atoms with Gasteiger partial charge in [0.1, 0.15) is 13.2 Å². The molecule has 0 spiro atoms. The van der Waals surface area contributed by atoms with Gasteiger partial charge >= 0.3 is 0 Å². The van der Waals surface area contributed by atoms with E-state index in [1.54, 1.807) is 0 Å². The molecule has 1 aliphatic heterocycles. The summed E-state index contributed by atoms with van der Waals surface area (Å²) in [5, 5.41) is 0. The molecule has 0 aromatic rings. The summed E-state index contributed by atoms with van der Waals surface area (Å²) in [7, 11) is 0. The number of hydrogen-bond acceptors (Lipinski definition) is 3. The Bertz CT molecular complexity index is 224. The van der Waals surface area contributed by atoms with E-state index in [9.17, 15) is 4.79 Å². The Balaban J connectivity index is 2.19. The Labute approximate surface area is 104 Å². The predicted octanol–water partition coefficient (Wildman–Crippen LogP) is 2.89. The molecule has 0 fully saturated rings. The van der Waals surface area contributed by atoms with Gasteiger partial charge in [0.05, 0.1) is 6.61 Å². The van der Waals surface area contributed by atoms with Crippen molar-refractivity contribution in [1.82, 2.24) is 0 Å². The highest BCUT2D eigenvalue weighted by atomic mass is 16.5. The molecule has 0 aromatic carbocycles. The number of ketones is 1. The molecule has 0 aliphatic carbocycles. The van der Waals surface area contributed by atoms with E-state index in [2.05, 4.69) is 6.08 Å². The van der Waals surface area contributed by atoms with Gasteiger partial charge in [0.15, 0.2) is 5.78 Å². The number of hydrogen-bond donors (Lipinski definition) is 0. The van der Waals surface area contributed by atoms with Crippen LogP contribution in [-0.4, -0.2) is 32.2 Å². The minimum Gasteiger partial charge on any atom is -0.374 e. The quantitative estimate of drug-likeness (QED) is 0.611. The summed E-state index contributed by atoms with van der Waals surface area (Å²) in [6.07, 6.45) is 12.7. The zero-order valence-electron chi connectivity index (χ0n) is 10.7. The van der Waals surface area contributed by atoms with Crippen LogP contribution in [0.25, 0.3) is 0 Å². The molecule has 17 heavy (non-hydrogen) atoms. The smallest absolute Gasteiger partial charge is 0.183 e. The number of allylic oxidation sites excluding steroid dienone is 1. The van der Waals surface area contributed by atoms with Crippen molar-refractivity contribution < 1.29 is 14.3 Å². The van der Waals surface area contributed by atoms with E-state index >= 15 is 0 Å². The van der Waals surface area contributed by atoms with Crippen LogP contribution in [0, 0.1) is 0 Å². The van der Waals surface area contributed by atoms with Crippen LogP contribution in [0.5, 0.6) is 0 Å². The van der Waals surface area contributed by atoms with Crippen molar-refractivity contribution in [2.75, 3.05) is 26.4 Å². The van der Waals surface area contributed by atoms with Crippen molar-refractivity contribution in [3.8, 4) is 0 Å². The molecule has 0 saturated heterocycles. The second kappa shape index (κ2) is 10.5. The van der Waals surface area contributed by atoms with Crippen LogP contribution < -0.4 is 0 Å². The van der Waals surface area contributed by atoms with Crippen LogP contribution in [-0.2, 0) is 14.3 Å². The highest BCUT2D eigenvalue weighted by Gasteiger charge is 2.01. The van der Waals surface area contributed by atoms with Crippen LogP contribution >= 0.6 is 0 Å². The first-order valence-electron chi connectivity index (χ1n) is 6.72. The first-order chi connectivity index (χ1) is 8.39. The van der Waals surface area contributed by atoms with Crippen molar-refractivity contribution in [2.45, 2.75) is 44.9 Å². The first kappa shape index (κ1) is 14.4. The molecule has 0 unspecified atom stereocenters. The molecule has 3 nitrogen and oxygen atoms in total. The lowest BCUT2D eigenvalue weighted by Crippen LogP contribution is -2.16. The van der Waals surface area contributed by atoms with Gasteiger partial charge in [0, 0.05) is 6.61 Å². The molecule has 0 radical (unpaired) electrons. The van der Waals surface area contributed by atoms with Crippen molar-refractivity contribution >= 4 is 5.78 Å². The Morgan fingerprint density at radius 2 is 1.53 bits per heavy atom. The summed E-state index contributed by atoms with van der Waals surface area (Å²) in [4.78, 5) is 11.3. The average Bonchev–Trinajstić information content (AvgIpc) is 2.32. The molecule has 0 bridgehead atoms. The van der Waals surface area contributed by atoms with Crippen molar-refractivity contribution in [3.63, 3.8) is 0 Å². The minimum absolute atomic E-state index is 0.0329. The summed E-state index contributed by atoms with van der Waals surface area (Å²) < 4.78 is 10.5. The Morgan fingerprint density at radius 3 is 2.41 bits per heavy atom. The number of carbonyl (C=O) groups excluding carboxylic acids is 1. The highest BCUT2D eigenvalue weighted by Crippen LogP contribution is 2.07. The lowest BCUT2D eigenvalue weighted by molar-refractivity contribution is -0.127. The number of rotatable bonds is 0. The fourth-order valence-corrected chi connectivity index (χ4v) is 1.83. The standard InChI is InChI=1S/C14H24O3/c15-14-12-16-10-8-6-4-2-1-3-5-7-9-11-17-13-14/h6,8H,1-5,7,9-13H2/b8-6-. The van der Waals surface area contributed by atoms with Crippen LogP contribution in [0.3, 0.4) is 0 Å². The van der Waals surface area contributed by atoms with E-state index in [1.807, 2.05) is 6.08 Å². The molecule has 1 aliphatic rings. The third kappa shape index (κ3) is 9.07. The Kier molecular flexibility index (Phi) is 8.87. The molecule has 0 atom stereocenters. The molecule has 3 heteroatoms. The van der Waals surface area contributed by atoms with Crippen LogP contribution in [0.1, 0.15) is 44.9 Å². The molecule has 0 saturated carbocycles. The fraction of sp³-hybridized carbons (Fsp3) is 0.786. The Morgan fingerprint density at radius 1 is 0.824 bits per heavy atom. The van der Waals surface area contributed by atoms with Crippen molar-refractivity contribution in [3.05, 3.63) is 12.2 Å². The van der Waals surface area contributed by atoms with E-state index in [1.165, 1.54) is 32.1 Å². The van der Waals surface area contributed by atoms with Gasteiger partial charge < -0.3 is 9.47 Å². The summed E-state index contributed by atoms with van der Waals surface area (Å²) in [5.41, 5.74) is 0. The van der Waals surface area contributed by atoms with E-state index in [4.69, 9.17) is 9.47 Å². The van der Waals surface area contributed by atoms with Gasteiger partial charge in [-0.25, -0.2) is 0 Å². The van der Waals surface area contributed by atoms with Gasteiger partial charge in [-0.05, 0) is 19.3 Å². The molecule has 0 amide bonds. The monoisotopic (exact) mass is 240 g/mol. The molecular weight excluding hydrogens is 216 g/mol. The zero-order chi connectivity index (χ0) is 12.2. The number of Topliss-reactive ketones (excluding diaryl/α,β-unsaturated/α-hetero) is 1. The maximum Gasteiger partial charge on any atom is 0.183 e. The van der Waals surface area contributed by atoms with Crippen LogP contribution in [0.15, 0.2) is 12.2 Å². The minimum atomic E-state index is 0.0329. The van der Waals surface area contributed by atoms with E-state index < -0.39 is 0 Å². The van der Waals surface area contributed by atoms with Gasteiger partial charge in [0.25, 0.3) is 0 Å². The van der Waals surface area contributed by atoms with Gasteiger partial charge in [-0.1, -0.05) is 37.8 Å². The maximum atomic E-state index is 11.3. The number of carbonyl (C=O) groups is 1. The van der Waals surface area contributed by atoms with E-state index in [0.717, 1.165) is 12.8 Å². The topological polar surface area (TPSA) is 35.5 Å². The van der Waals surface area contributed by atoms with Gasteiger partial charge in [-0.3, -0.25) is 4.79 Å². The summed E-state index contributed by atoms with van der Waals surface area (Å²) in [5.74, 6) is 0.0329. The summed E-state index contributed by atoms with van der Waals surface area (Å²) in [6.45, 7) is 1.60. The van der Waals surface area contributed by atoms with E-state index in [-0.39, 0.29) is 19.0 Å². The summed E-state index contributed by atoms with van der Waals surface area (Å²) in [6, 6.07) is 0. The van der Waals surface area contributed by atoms with Gasteiger partial charge in [-0.15, -0.1) is 0 Å². The van der Waals surface area contributed by atoms with Crippen LogP contribution in [0.4, 0.5) is 0 Å². The van der Waals surface area contributed by atoms with E-state index in [0.29, 0.717) is 13.2 Å². The molecule has 0 aromatic heterocycles. The SMILES string of the molecule is O=C1COC/C=C\CCCCCCCCOC1. The third-order valence-corrected chi connectivity index (χ3v) is 2.82. The van der Waals surface area contributed by atoms with Gasteiger partial charge in [0.2, 0.25) is 0 Å². The zero-order valence-corrected chi connectivity index (χ0v) is 10.7. The molecule has 0 N–H and O–H groups in total. The molecule has 98 valence electrons. The fourth-order valence-electron chi connectivity index (χ4n) is 1.83. The highest BCUT2D eigenvalue weighted by molar-refractivity contribution is 5.80. The third-order valence-electron chi connectivity index (χ3n) is 2.82. The first-order valence-corrected chi connectivity index (χ1v) is 6.72. The normalized spacial score (nSPS) is 24.4. The maximum absolute atomic E-state index is 11.3. The number of ether oxygens (including phenoxy) is 2. The molecular formula is C14H24O3. The van der Waals surface area contributed by atoms with Crippen LogP contribution in [0.2, 0.25) is 0 Å². The summed E-state index contributed by atoms with van der Waals surface area (Å²) >= 11 is 0. The lowest BCUT2D eigenvalue weighted by atomic mass is 10.1. The second-order valence-electron chi connectivity index (χ2n) is 4.49. The van der Waals surface area contributed by atoms with Crippen molar-refractivity contribution in [1.29, 1.82) is 0 Å². The molecule has 1 rings (SSSR count). The second-order valence-corrected chi connectivity index (χ2v) is 4.49. The average molecular weight is 240 g/mol. The van der Waals surface area contributed by atoms with Crippen molar-refractivity contribution in [2.24, 2.45) is 0 Å².